The summed E-state index contributed by atoms with van der Waals surface area (Å²) in [6.07, 6.45) is 3.03. The first-order valence-electron chi connectivity index (χ1n) is 6.41. The fourth-order valence-corrected chi connectivity index (χ4v) is 2.71. The molecule has 0 amide bonds. The summed E-state index contributed by atoms with van der Waals surface area (Å²) in [5, 5.41) is 0. The molecule has 1 heterocycles. The number of para-hydroxylation sites is 2. The summed E-state index contributed by atoms with van der Waals surface area (Å²) in [4.78, 5) is 0. The van der Waals surface area contributed by atoms with Crippen molar-refractivity contribution in [1.82, 2.24) is 4.31 Å². The summed E-state index contributed by atoms with van der Waals surface area (Å²) in [5.41, 5.74) is 7.01. The molecule has 0 fully saturated rings. The van der Waals surface area contributed by atoms with Crippen molar-refractivity contribution in [2.75, 3.05) is 25.1 Å². The van der Waals surface area contributed by atoms with E-state index in [1.165, 1.54) is 23.9 Å². The van der Waals surface area contributed by atoms with E-state index in [-0.39, 0.29) is 18.9 Å². The van der Waals surface area contributed by atoms with Gasteiger partial charge in [0.1, 0.15) is 12.4 Å². The average Bonchev–Trinajstić information content (AvgIpc) is 2.93. The number of furan rings is 1. The first-order valence-corrected chi connectivity index (χ1v) is 8.02. The number of benzene rings is 1. The van der Waals surface area contributed by atoms with Gasteiger partial charge in [0.05, 0.1) is 24.0 Å². The Kier molecular flexibility index (Phi) is 4.87. The highest BCUT2D eigenvalue weighted by Crippen LogP contribution is 2.19. The number of hydrogen-bond acceptors (Lipinski definition) is 5. The largest absolute Gasteiger partial charge is 0.490 e. The molecule has 1 aromatic heterocycles. The zero-order valence-electron chi connectivity index (χ0n) is 11.7. The predicted octanol–water partition coefficient (Wildman–Crippen LogP) is 1.70. The molecule has 2 rings (SSSR count). The van der Waals surface area contributed by atoms with E-state index >= 15 is 0 Å². The minimum atomic E-state index is -3.39. The van der Waals surface area contributed by atoms with Gasteiger partial charge in [0.2, 0.25) is 10.0 Å². The number of sulfonamides is 1. The van der Waals surface area contributed by atoms with Gasteiger partial charge in [0, 0.05) is 19.2 Å². The molecule has 0 unspecified atom stereocenters. The lowest BCUT2D eigenvalue weighted by molar-refractivity contribution is 0.338. The van der Waals surface area contributed by atoms with E-state index in [0.717, 1.165) is 5.56 Å². The minimum absolute atomic E-state index is 0.0479. The van der Waals surface area contributed by atoms with E-state index < -0.39 is 10.0 Å². The predicted molar refractivity (Wildman–Crippen MR) is 80.3 cm³/mol. The molecule has 0 aliphatic carbocycles. The third-order valence-electron chi connectivity index (χ3n) is 2.98. The zero-order chi connectivity index (χ0) is 15.3. The smallest absolute Gasteiger partial charge is 0.217 e. The molecule has 2 N–H and O–H groups in total. The van der Waals surface area contributed by atoms with Crippen molar-refractivity contribution in [2.24, 2.45) is 0 Å². The number of ether oxygens (including phenoxy) is 1. The van der Waals surface area contributed by atoms with Crippen molar-refractivity contribution in [1.29, 1.82) is 0 Å². The number of hydrogen-bond donors (Lipinski definition) is 1. The van der Waals surface area contributed by atoms with Gasteiger partial charge < -0.3 is 14.9 Å². The van der Waals surface area contributed by atoms with Gasteiger partial charge in [-0.05, 0) is 18.2 Å². The van der Waals surface area contributed by atoms with Crippen LogP contribution in [0.25, 0.3) is 0 Å². The fourth-order valence-electron chi connectivity index (χ4n) is 1.76. The van der Waals surface area contributed by atoms with Crippen LogP contribution in [0, 0.1) is 0 Å². The first-order chi connectivity index (χ1) is 9.99. The van der Waals surface area contributed by atoms with Crippen molar-refractivity contribution in [3.63, 3.8) is 0 Å². The highest BCUT2D eigenvalue weighted by Gasteiger charge is 2.18. The van der Waals surface area contributed by atoms with E-state index in [2.05, 4.69) is 0 Å². The van der Waals surface area contributed by atoms with Gasteiger partial charge in [-0.3, -0.25) is 0 Å². The highest BCUT2D eigenvalue weighted by atomic mass is 32.2. The second-order valence-electron chi connectivity index (χ2n) is 4.59. The minimum Gasteiger partial charge on any atom is -0.490 e. The molecular formula is C14H18N2O4S. The van der Waals surface area contributed by atoms with Crippen LogP contribution in [0.4, 0.5) is 5.69 Å². The Morgan fingerprint density at radius 1 is 1.29 bits per heavy atom. The Balaban J connectivity index is 1.88. The molecule has 0 aliphatic heterocycles. The van der Waals surface area contributed by atoms with E-state index in [4.69, 9.17) is 14.9 Å². The summed E-state index contributed by atoms with van der Waals surface area (Å²) in [7, 11) is -1.87. The van der Waals surface area contributed by atoms with Crippen LogP contribution >= 0.6 is 0 Å². The van der Waals surface area contributed by atoms with E-state index in [0.29, 0.717) is 11.4 Å². The van der Waals surface area contributed by atoms with Crippen molar-refractivity contribution in [3.05, 3.63) is 48.4 Å². The number of nitrogen functional groups attached to an aromatic ring is 1. The van der Waals surface area contributed by atoms with Crippen LogP contribution in [-0.4, -0.2) is 32.1 Å². The molecule has 0 saturated heterocycles. The Morgan fingerprint density at radius 3 is 2.71 bits per heavy atom. The molecule has 0 saturated carbocycles. The van der Waals surface area contributed by atoms with Gasteiger partial charge in [0.15, 0.2) is 0 Å². The highest BCUT2D eigenvalue weighted by molar-refractivity contribution is 7.89. The van der Waals surface area contributed by atoms with Gasteiger partial charge in [-0.25, -0.2) is 12.7 Å². The van der Waals surface area contributed by atoms with E-state index in [1.807, 2.05) is 0 Å². The van der Waals surface area contributed by atoms with Crippen molar-refractivity contribution in [2.45, 2.75) is 6.54 Å². The van der Waals surface area contributed by atoms with Gasteiger partial charge in [0.25, 0.3) is 0 Å². The fraction of sp³-hybridized carbons (Fsp3) is 0.286. The molecule has 0 bridgehead atoms. The first kappa shape index (κ1) is 15.4. The van der Waals surface area contributed by atoms with Crippen molar-refractivity contribution < 1.29 is 17.6 Å². The summed E-state index contributed by atoms with van der Waals surface area (Å²) < 4.78 is 35.8. The Hall–Kier alpha value is -1.99. The van der Waals surface area contributed by atoms with Gasteiger partial charge in [-0.2, -0.15) is 0 Å². The van der Waals surface area contributed by atoms with Crippen molar-refractivity contribution in [3.8, 4) is 5.75 Å². The zero-order valence-corrected chi connectivity index (χ0v) is 12.5. The van der Waals surface area contributed by atoms with Crippen LogP contribution in [0.2, 0.25) is 0 Å². The Morgan fingerprint density at radius 2 is 2.05 bits per heavy atom. The molecule has 6 nitrogen and oxygen atoms in total. The summed E-state index contributed by atoms with van der Waals surface area (Å²) in [5.74, 6) is 0.376. The maximum atomic E-state index is 12.1. The van der Waals surface area contributed by atoms with Gasteiger partial charge >= 0.3 is 0 Å². The molecule has 0 radical (unpaired) electrons. The molecule has 0 spiro atoms. The summed E-state index contributed by atoms with van der Waals surface area (Å²) in [6, 6.07) is 8.71. The maximum Gasteiger partial charge on any atom is 0.217 e. The number of anilines is 1. The second kappa shape index (κ2) is 6.64. The summed E-state index contributed by atoms with van der Waals surface area (Å²) in [6.45, 7) is 0.318. The third kappa shape index (κ3) is 4.24. The lowest BCUT2D eigenvalue weighted by Crippen LogP contribution is -2.31. The monoisotopic (exact) mass is 310 g/mol. The van der Waals surface area contributed by atoms with Crippen LogP contribution in [0.15, 0.2) is 47.3 Å². The standard InChI is InChI=1S/C14H18N2O4S/c1-16(10-12-6-7-19-11-12)21(17,18)9-8-20-14-5-3-2-4-13(14)15/h2-7,11H,8-10,15H2,1H3. The topological polar surface area (TPSA) is 85.8 Å². The molecule has 2 aromatic rings. The Bertz CT molecular complexity index is 668. The molecule has 1 aromatic carbocycles. The molecule has 21 heavy (non-hydrogen) atoms. The number of nitrogens with two attached hydrogens (primary N) is 1. The molecule has 114 valence electrons. The molecular weight excluding hydrogens is 292 g/mol. The van der Waals surface area contributed by atoms with E-state index in [9.17, 15) is 8.42 Å². The number of rotatable bonds is 7. The number of nitrogens with zero attached hydrogens (tertiary/aromatic N) is 1. The van der Waals surface area contributed by atoms with Gasteiger partial charge in [-0.15, -0.1) is 0 Å². The van der Waals surface area contributed by atoms with Crippen LogP contribution in [0.1, 0.15) is 5.56 Å². The molecule has 7 heteroatoms. The Labute approximate surface area is 124 Å². The normalized spacial score (nSPS) is 11.7. The maximum absolute atomic E-state index is 12.1. The van der Waals surface area contributed by atoms with Gasteiger partial charge in [-0.1, -0.05) is 12.1 Å². The SMILES string of the molecule is CN(Cc1ccoc1)S(=O)(=O)CCOc1ccccc1N. The molecule has 0 atom stereocenters. The summed E-state index contributed by atoms with van der Waals surface area (Å²) >= 11 is 0. The van der Waals surface area contributed by atoms with Crippen molar-refractivity contribution >= 4 is 15.7 Å². The third-order valence-corrected chi connectivity index (χ3v) is 4.74. The van der Waals surface area contributed by atoms with Crippen LogP contribution in [0.3, 0.4) is 0 Å². The second-order valence-corrected chi connectivity index (χ2v) is 6.79. The quantitative estimate of drug-likeness (QED) is 0.787. The van der Waals surface area contributed by atoms with Crippen LogP contribution in [0.5, 0.6) is 5.75 Å². The van der Waals surface area contributed by atoms with Crippen LogP contribution in [-0.2, 0) is 16.6 Å². The molecule has 0 aliphatic rings. The lowest BCUT2D eigenvalue weighted by atomic mass is 10.3. The average molecular weight is 310 g/mol. The van der Waals surface area contributed by atoms with Crippen LogP contribution < -0.4 is 10.5 Å². The lowest BCUT2D eigenvalue weighted by Gasteiger charge is -2.16. The van der Waals surface area contributed by atoms with E-state index in [1.54, 1.807) is 30.3 Å².